The first-order valence-corrected chi connectivity index (χ1v) is 7.73. The van der Waals surface area contributed by atoms with E-state index < -0.39 is 0 Å². The van der Waals surface area contributed by atoms with Crippen LogP contribution in [0.1, 0.15) is 44.9 Å². The van der Waals surface area contributed by atoms with Gasteiger partial charge in [0.05, 0.1) is 6.10 Å². The van der Waals surface area contributed by atoms with E-state index in [9.17, 15) is 5.11 Å². The van der Waals surface area contributed by atoms with Crippen molar-refractivity contribution in [3.8, 4) is 0 Å². The van der Waals surface area contributed by atoms with E-state index in [0.717, 1.165) is 19.0 Å². The molecule has 18 heavy (non-hydrogen) atoms. The first-order chi connectivity index (χ1) is 8.66. The Hall–Kier alpha value is -0.120. The number of hydrogen-bond acceptors (Lipinski definition) is 3. The van der Waals surface area contributed by atoms with Crippen molar-refractivity contribution in [2.24, 2.45) is 5.92 Å². The van der Waals surface area contributed by atoms with Gasteiger partial charge in [0.25, 0.3) is 0 Å². The van der Waals surface area contributed by atoms with E-state index >= 15 is 0 Å². The van der Waals surface area contributed by atoms with Crippen molar-refractivity contribution in [2.75, 3.05) is 33.7 Å². The van der Waals surface area contributed by atoms with Gasteiger partial charge in [-0.1, -0.05) is 19.3 Å². The van der Waals surface area contributed by atoms with Crippen LogP contribution in [0.15, 0.2) is 0 Å². The van der Waals surface area contributed by atoms with Gasteiger partial charge in [-0.05, 0) is 52.2 Å². The molecule has 3 heteroatoms. The molecule has 2 aliphatic rings. The summed E-state index contributed by atoms with van der Waals surface area (Å²) in [5.74, 6) is 0.504. The number of nitrogens with zero attached hydrogens (tertiary/aromatic N) is 2. The summed E-state index contributed by atoms with van der Waals surface area (Å²) in [5.41, 5.74) is 0. The van der Waals surface area contributed by atoms with Crippen LogP contribution in [0.2, 0.25) is 0 Å². The minimum Gasteiger partial charge on any atom is -0.393 e. The molecule has 2 fully saturated rings. The SMILES string of the molecule is CN(CC1CCCCCC1O)CC1CCCN1C. The Morgan fingerprint density at radius 3 is 2.56 bits per heavy atom. The van der Waals surface area contributed by atoms with Crippen molar-refractivity contribution in [3.05, 3.63) is 0 Å². The van der Waals surface area contributed by atoms with Crippen LogP contribution in [0, 0.1) is 5.92 Å². The summed E-state index contributed by atoms with van der Waals surface area (Å²) in [5, 5.41) is 10.2. The Bertz CT molecular complexity index is 247. The molecule has 3 unspecified atom stereocenters. The van der Waals surface area contributed by atoms with Crippen LogP contribution in [0.3, 0.4) is 0 Å². The van der Waals surface area contributed by atoms with Gasteiger partial charge in [-0.3, -0.25) is 0 Å². The minimum absolute atomic E-state index is 0.0590. The molecular formula is C15H30N2O. The molecule has 1 heterocycles. The summed E-state index contributed by atoms with van der Waals surface area (Å²) in [6.45, 7) is 3.50. The molecule has 1 saturated heterocycles. The maximum Gasteiger partial charge on any atom is 0.0580 e. The standard InChI is InChI=1S/C15H30N2O/c1-16(12-14-8-6-10-17(14)2)11-13-7-4-3-5-9-15(13)18/h13-15,18H,3-12H2,1-2H3. The average molecular weight is 254 g/mol. The topological polar surface area (TPSA) is 26.7 Å². The summed E-state index contributed by atoms with van der Waals surface area (Å²) in [7, 11) is 4.47. The third-order valence-electron chi connectivity index (χ3n) is 4.86. The first-order valence-electron chi connectivity index (χ1n) is 7.73. The lowest BCUT2D eigenvalue weighted by Gasteiger charge is -2.30. The summed E-state index contributed by atoms with van der Waals surface area (Å²) >= 11 is 0. The van der Waals surface area contributed by atoms with Crippen molar-refractivity contribution in [1.29, 1.82) is 0 Å². The number of likely N-dealkylation sites (N-methyl/N-ethyl adjacent to an activating group) is 2. The molecule has 3 nitrogen and oxygen atoms in total. The van der Waals surface area contributed by atoms with Crippen LogP contribution < -0.4 is 0 Å². The second kappa shape index (κ2) is 6.88. The summed E-state index contributed by atoms with van der Waals surface area (Å²) in [6, 6.07) is 0.734. The fourth-order valence-electron chi connectivity index (χ4n) is 3.62. The zero-order chi connectivity index (χ0) is 13.0. The zero-order valence-electron chi connectivity index (χ0n) is 12.1. The second-order valence-electron chi connectivity index (χ2n) is 6.46. The van der Waals surface area contributed by atoms with E-state index in [1.807, 2.05) is 0 Å². The number of aliphatic hydroxyl groups excluding tert-OH is 1. The predicted octanol–water partition coefficient (Wildman–Crippen LogP) is 1.95. The zero-order valence-corrected chi connectivity index (χ0v) is 12.1. The van der Waals surface area contributed by atoms with E-state index in [4.69, 9.17) is 0 Å². The maximum atomic E-state index is 10.2. The Balaban J connectivity index is 1.76. The Morgan fingerprint density at radius 2 is 1.83 bits per heavy atom. The van der Waals surface area contributed by atoms with Gasteiger partial charge in [-0.25, -0.2) is 0 Å². The van der Waals surface area contributed by atoms with Crippen molar-refractivity contribution in [3.63, 3.8) is 0 Å². The van der Waals surface area contributed by atoms with Gasteiger partial charge in [-0.15, -0.1) is 0 Å². The molecule has 2 rings (SSSR count). The van der Waals surface area contributed by atoms with E-state index in [0.29, 0.717) is 5.92 Å². The number of rotatable bonds is 4. The Labute approximate surface area is 112 Å². The van der Waals surface area contributed by atoms with Crippen LogP contribution in [-0.2, 0) is 0 Å². The highest BCUT2D eigenvalue weighted by Gasteiger charge is 2.26. The highest BCUT2D eigenvalue weighted by atomic mass is 16.3. The number of likely N-dealkylation sites (tertiary alicyclic amines) is 1. The van der Waals surface area contributed by atoms with Crippen molar-refractivity contribution in [1.82, 2.24) is 9.80 Å². The molecule has 0 spiro atoms. The monoisotopic (exact) mass is 254 g/mol. The molecule has 1 saturated carbocycles. The predicted molar refractivity (Wildman–Crippen MR) is 75.7 cm³/mol. The van der Waals surface area contributed by atoms with E-state index in [1.165, 1.54) is 51.6 Å². The molecule has 0 bridgehead atoms. The summed E-state index contributed by atoms with van der Waals surface area (Å²) < 4.78 is 0. The van der Waals surface area contributed by atoms with Crippen LogP contribution in [0.4, 0.5) is 0 Å². The van der Waals surface area contributed by atoms with Crippen LogP contribution in [-0.4, -0.2) is 60.8 Å². The third-order valence-corrected chi connectivity index (χ3v) is 4.86. The van der Waals surface area contributed by atoms with E-state index in [1.54, 1.807) is 0 Å². The molecule has 3 atom stereocenters. The lowest BCUT2D eigenvalue weighted by molar-refractivity contribution is 0.0743. The van der Waals surface area contributed by atoms with E-state index in [-0.39, 0.29) is 6.10 Å². The average Bonchev–Trinajstić information content (AvgIpc) is 2.61. The lowest BCUT2D eigenvalue weighted by Crippen LogP contribution is -2.40. The van der Waals surface area contributed by atoms with Crippen LogP contribution in [0.5, 0.6) is 0 Å². The van der Waals surface area contributed by atoms with Crippen LogP contribution in [0.25, 0.3) is 0 Å². The smallest absolute Gasteiger partial charge is 0.0580 e. The largest absolute Gasteiger partial charge is 0.393 e. The molecule has 0 aromatic rings. The highest BCUT2D eigenvalue weighted by Crippen LogP contribution is 2.24. The molecule has 106 valence electrons. The Morgan fingerprint density at radius 1 is 1.06 bits per heavy atom. The summed E-state index contributed by atoms with van der Waals surface area (Å²) in [6.07, 6.45) is 8.69. The normalized spacial score (nSPS) is 35.0. The second-order valence-corrected chi connectivity index (χ2v) is 6.46. The molecule has 0 aromatic carbocycles. The number of hydrogen-bond donors (Lipinski definition) is 1. The van der Waals surface area contributed by atoms with Gasteiger partial charge < -0.3 is 14.9 Å². The first kappa shape index (κ1) is 14.3. The van der Waals surface area contributed by atoms with Crippen molar-refractivity contribution < 1.29 is 5.11 Å². The van der Waals surface area contributed by atoms with Gasteiger partial charge in [0, 0.05) is 19.1 Å². The summed E-state index contributed by atoms with van der Waals surface area (Å²) in [4.78, 5) is 4.94. The molecule has 1 aliphatic carbocycles. The molecule has 1 N–H and O–H groups in total. The lowest BCUT2D eigenvalue weighted by atomic mass is 9.96. The van der Waals surface area contributed by atoms with E-state index in [2.05, 4.69) is 23.9 Å². The van der Waals surface area contributed by atoms with Crippen molar-refractivity contribution >= 4 is 0 Å². The molecule has 1 aliphatic heterocycles. The van der Waals surface area contributed by atoms with Gasteiger partial charge >= 0.3 is 0 Å². The van der Waals surface area contributed by atoms with Gasteiger partial charge in [0.1, 0.15) is 0 Å². The Kier molecular flexibility index (Phi) is 5.46. The molecule has 0 amide bonds. The van der Waals surface area contributed by atoms with Crippen LogP contribution >= 0.6 is 0 Å². The van der Waals surface area contributed by atoms with Crippen molar-refractivity contribution in [2.45, 2.75) is 57.1 Å². The highest BCUT2D eigenvalue weighted by molar-refractivity contribution is 4.81. The third kappa shape index (κ3) is 3.94. The van der Waals surface area contributed by atoms with Gasteiger partial charge in [-0.2, -0.15) is 0 Å². The van der Waals surface area contributed by atoms with Gasteiger partial charge in [0.15, 0.2) is 0 Å². The van der Waals surface area contributed by atoms with Gasteiger partial charge in [0.2, 0.25) is 0 Å². The number of aliphatic hydroxyl groups is 1. The molecule has 0 aromatic heterocycles. The molecular weight excluding hydrogens is 224 g/mol. The quantitative estimate of drug-likeness (QED) is 0.777. The molecule has 0 radical (unpaired) electrons. The fourth-order valence-corrected chi connectivity index (χ4v) is 3.62. The maximum absolute atomic E-state index is 10.2. The minimum atomic E-state index is -0.0590. The fraction of sp³-hybridized carbons (Fsp3) is 1.00.